The van der Waals surface area contributed by atoms with Crippen LogP contribution in [0.3, 0.4) is 0 Å². The Kier molecular flexibility index (Phi) is 6.12. The zero-order chi connectivity index (χ0) is 21.0. The lowest BCUT2D eigenvalue weighted by atomic mass is 10.2. The summed E-state index contributed by atoms with van der Waals surface area (Å²) in [6.07, 6.45) is -1.61. The second-order valence-electron chi connectivity index (χ2n) is 5.86. The van der Waals surface area contributed by atoms with Crippen LogP contribution in [0.4, 0.5) is 13.2 Å². The monoisotopic (exact) mass is 425 g/mol. The summed E-state index contributed by atoms with van der Waals surface area (Å²) in [5.41, 5.74) is -0.546. The highest BCUT2D eigenvalue weighted by Crippen LogP contribution is 2.35. The maximum Gasteiger partial charge on any atom is 0.435 e. The van der Waals surface area contributed by atoms with Crippen LogP contribution in [-0.4, -0.2) is 29.2 Å². The van der Waals surface area contributed by atoms with Gasteiger partial charge in [-0.2, -0.15) is 13.2 Å². The normalized spacial score (nSPS) is 11.3. The Labute approximate surface area is 168 Å². The number of thiazole rings is 1. The van der Waals surface area contributed by atoms with Gasteiger partial charge in [0.05, 0.1) is 13.7 Å². The number of rotatable bonds is 7. The molecule has 0 unspecified atom stereocenters. The van der Waals surface area contributed by atoms with E-state index in [1.54, 1.807) is 42.7 Å². The van der Waals surface area contributed by atoms with Gasteiger partial charge in [0.15, 0.2) is 22.3 Å². The molecule has 0 saturated carbocycles. The summed E-state index contributed by atoms with van der Waals surface area (Å²) in [7, 11) is 1.48. The number of amides is 1. The van der Waals surface area contributed by atoms with Crippen LogP contribution in [0.15, 0.2) is 42.7 Å². The van der Waals surface area contributed by atoms with Crippen molar-refractivity contribution >= 4 is 17.2 Å². The molecule has 1 amide bonds. The Morgan fingerprint density at radius 3 is 2.59 bits per heavy atom. The van der Waals surface area contributed by atoms with Gasteiger partial charge in [-0.15, -0.1) is 0 Å². The maximum absolute atomic E-state index is 13.4. The molecule has 6 nitrogen and oxygen atoms in total. The van der Waals surface area contributed by atoms with E-state index in [0.717, 1.165) is 0 Å². The third-order valence-corrected chi connectivity index (χ3v) is 4.96. The minimum Gasteiger partial charge on any atom is -0.493 e. The van der Waals surface area contributed by atoms with E-state index < -0.39 is 22.7 Å². The largest absolute Gasteiger partial charge is 0.493 e. The molecule has 10 heteroatoms. The zero-order valence-electron chi connectivity index (χ0n) is 15.6. The molecule has 154 valence electrons. The molecule has 0 aliphatic rings. The lowest BCUT2D eigenvalue weighted by molar-refractivity contribution is -0.141. The molecule has 1 N–H and O–H groups in total. The van der Waals surface area contributed by atoms with Gasteiger partial charge in [0, 0.05) is 18.9 Å². The number of aromatic nitrogens is 2. The number of ether oxygens (including phenoxy) is 2. The highest BCUT2D eigenvalue weighted by molar-refractivity contribution is 7.16. The number of benzene rings is 1. The molecule has 0 atom stereocenters. The predicted octanol–water partition coefficient (Wildman–Crippen LogP) is 4.29. The van der Waals surface area contributed by atoms with Crippen LogP contribution in [0.5, 0.6) is 11.5 Å². The van der Waals surface area contributed by atoms with Crippen LogP contribution in [0.2, 0.25) is 0 Å². The first kappa shape index (κ1) is 20.7. The number of hydrogen-bond acceptors (Lipinski definition) is 5. The average molecular weight is 425 g/mol. The molecule has 0 radical (unpaired) electrons. The molecule has 0 aliphatic carbocycles. The molecular weight excluding hydrogens is 407 g/mol. The molecule has 0 bridgehead atoms. The Bertz CT molecular complexity index is 984. The first-order chi connectivity index (χ1) is 13.8. The standard InChI is InChI=1S/C19H18F3N3O3S/c1-3-28-13-7-6-12(10-14(13)27-2)11-23-17(26)15-16(19(20,21)22)24-18(29-15)25-8-4-5-9-25/h4-10H,3,11H2,1-2H3,(H,23,26). The van der Waals surface area contributed by atoms with Crippen LogP contribution in [0, 0.1) is 0 Å². The lowest BCUT2D eigenvalue weighted by Crippen LogP contribution is -2.24. The number of nitrogens with zero attached hydrogens (tertiary/aromatic N) is 2. The molecule has 2 heterocycles. The number of carbonyl (C=O) groups excluding carboxylic acids is 1. The van der Waals surface area contributed by atoms with E-state index >= 15 is 0 Å². The third-order valence-electron chi connectivity index (χ3n) is 3.90. The van der Waals surface area contributed by atoms with E-state index in [1.165, 1.54) is 11.7 Å². The number of halogens is 3. The highest BCUT2D eigenvalue weighted by Gasteiger charge is 2.39. The molecular formula is C19H18F3N3O3S. The predicted molar refractivity (Wildman–Crippen MR) is 102 cm³/mol. The summed E-state index contributed by atoms with van der Waals surface area (Å²) in [6, 6.07) is 8.37. The van der Waals surface area contributed by atoms with Crippen molar-refractivity contribution in [2.24, 2.45) is 0 Å². The number of hydrogen-bond donors (Lipinski definition) is 1. The van der Waals surface area contributed by atoms with Gasteiger partial charge in [-0.3, -0.25) is 4.79 Å². The van der Waals surface area contributed by atoms with Crippen LogP contribution in [-0.2, 0) is 12.7 Å². The summed E-state index contributed by atoms with van der Waals surface area (Å²) >= 11 is 0.679. The first-order valence-electron chi connectivity index (χ1n) is 8.62. The van der Waals surface area contributed by atoms with Crippen molar-refractivity contribution in [2.75, 3.05) is 13.7 Å². The molecule has 0 saturated heterocycles. The summed E-state index contributed by atoms with van der Waals surface area (Å²) in [4.78, 5) is 15.6. The van der Waals surface area contributed by atoms with Gasteiger partial charge < -0.3 is 19.4 Å². The number of carbonyl (C=O) groups is 1. The summed E-state index contributed by atoms with van der Waals surface area (Å²) in [6.45, 7) is 2.32. The van der Waals surface area contributed by atoms with Gasteiger partial charge in [0.25, 0.3) is 5.91 Å². The molecule has 0 spiro atoms. The van der Waals surface area contributed by atoms with Crippen molar-refractivity contribution in [3.05, 3.63) is 58.9 Å². The quantitative estimate of drug-likeness (QED) is 0.613. The molecule has 0 aliphatic heterocycles. The Morgan fingerprint density at radius 1 is 1.24 bits per heavy atom. The van der Waals surface area contributed by atoms with E-state index in [-0.39, 0.29) is 11.7 Å². The summed E-state index contributed by atoms with van der Waals surface area (Å²) in [5.74, 6) is 0.173. The Balaban J connectivity index is 1.80. The fourth-order valence-corrected chi connectivity index (χ4v) is 3.56. The third kappa shape index (κ3) is 4.70. The van der Waals surface area contributed by atoms with E-state index in [2.05, 4.69) is 10.3 Å². The van der Waals surface area contributed by atoms with E-state index in [9.17, 15) is 18.0 Å². The lowest BCUT2D eigenvalue weighted by Gasteiger charge is -2.11. The van der Waals surface area contributed by atoms with Crippen molar-refractivity contribution in [3.8, 4) is 16.6 Å². The van der Waals surface area contributed by atoms with E-state index in [1.807, 2.05) is 6.92 Å². The SMILES string of the molecule is CCOc1ccc(CNC(=O)c2sc(-n3cccc3)nc2C(F)(F)F)cc1OC. The van der Waals surface area contributed by atoms with Crippen LogP contribution in [0.1, 0.15) is 27.9 Å². The molecule has 29 heavy (non-hydrogen) atoms. The molecule has 2 aromatic heterocycles. The van der Waals surface area contributed by atoms with Crippen LogP contribution in [0.25, 0.3) is 5.13 Å². The number of alkyl halides is 3. The van der Waals surface area contributed by atoms with Crippen LogP contribution >= 0.6 is 11.3 Å². The van der Waals surface area contributed by atoms with Crippen molar-refractivity contribution in [1.82, 2.24) is 14.9 Å². The topological polar surface area (TPSA) is 65.4 Å². The Hall–Kier alpha value is -3.01. The van der Waals surface area contributed by atoms with E-state index in [0.29, 0.717) is 35.0 Å². The molecule has 3 rings (SSSR count). The minimum absolute atomic E-state index is 0.0235. The van der Waals surface area contributed by atoms with Crippen molar-refractivity contribution in [2.45, 2.75) is 19.6 Å². The van der Waals surface area contributed by atoms with Crippen molar-refractivity contribution in [3.63, 3.8) is 0 Å². The highest BCUT2D eigenvalue weighted by atomic mass is 32.1. The molecule has 1 aromatic carbocycles. The smallest absolute Gasteiger partial charge is 0.435 e. The first-order valence-corrected chi connectivity index (χ1v) is 9.44. The number of methoxy groups -OCH3 is 1. The Morgan fingerprint density at radius 2 is 1.97 bits per heavy atom. The van der Waals surface area contributed by atoms with Gasteiger partial charge in [-0.25, -0.2) is 4.98 Å². The zero-order valence-corrected chi connectivity index (χ0v) is 16.4. The average Bonchev–Trinajstić information content (AvgIpc) is 3.36. The molecule has 0 fully saturated rings. The summed E-state index contributed by atoms with van der Waals surface area (Å²) < 4.78 is 52.2. The second-order valence-corrected chi connectivity index (χ2v) is 6.84. The fraction of sp³-hybridized carbons (Fsp3) is 0.263. The van der Waals surface area contributed by atoms with Gasteiger partial charge in [-0.05, 0) is 36.8 Å². The van der Waals surface area contributed by atoms with Gasteiger partial charge >= 0.3 is 6.18 Å². The summed E-state index contributed by atoms with van der Waals surface area (Å²) in [5, 5.41) is 2.58. The van der Waals surface area contributed by atoms with Crippen molar-refractivity contribution in [1.29, 1.82) is 0 Å². The van der Waals surface area contributed by atoms with Gasteiger partial charge in [-0.1, -0.05) is 17.4 Å². The van der Waals surface area contributed by atoms with Crippen LogP contribution < -0.4 is 14.8 Å². The molecule has 3 aromatic rings. The van der Waals surface area contributed by atoms with Gasteiger partial charge in [0.2, 0.25) is 0 Å². The second kappa shape index (κ2) is 8.56. The fourth-order valence-electron chi connectivity index (χ4n) is 2.59. The van der Waals surface area contributed by atoms with Crippen molar-refractivity contribution < 1.29 is 27.4 Å². The maximum atomic E-state index is 13.4. The minimum atomic E-state index is -4.74. The van der Waals surface area contributed by atoms with E-state index in [4.69, 9.17) is 9.47 Å². The van der Waals surface area contributed by atoms with Gasteiger partial charge in [0.1, 0.15) is 4.88 Å². The number of nitrogens with one attached hydrogen (secondary N) is 1.